The molecular formula is C20H21N3O3. The van der Waals surface area contributed by atoms with E-state index in [-0.39, 0.29) is 24.8 Å². The minimum absolute atomic E-state index is 0.102. The van der Waals surface area contributed by atoms with Gasteiger partial charge in [0.1, 0.15) is 11.4 Å². The van der Waals surface area contributed by atoms with Crippen LogP contribution in [0.2, 0.25) is 0 Å². The zero-order chi connectivity index (χ0) is 18.5. The van der Waals surface area contributed by atoms with Crippen molar-refractivity contribution in [1.29, 1.82) is 0 Å². The summed E-state index contributed by atoms with van der Waals surface area (Å²) in [6.45, 7) is 2.48. The third-order valence-electron chi connectivity index (χ3n) is 4.27. The summed E-state index contributed by atoms with van der Waals surface area (Å²) in [6.07, 6.45) is 0. The molecule has 0 atom stereocenters. The third-order valence-corrected chi connectivity index (χ3v) is 4.27. The Kier molecular flexibility index (Phi) is 5.34. The number of aromatic amines is 1. The molecule has 1 aromatic heterocycles. The van der Waals surface area contributed by atoms with Gasteiger partial charge in [-0.05, 0) is 36.2 Å². The van der Waals surface area contributed by atoms with E-state index in [1.807, 2.05) is 31.2 Å². The summed E-state index contributed by atoms with van der Waals surface area (Å²) in [5.74, 6) is -0.151. The smallest absolute Gasteiger partial charge is 0.272 e. The van der Waals surface area contributed by atoms with E-state index in [0.717, 1.165) is 11.1 Å². The van der Waals surface area contributed by atoms with E-state index in [9.17, 15) is 15.0 Å². The molecule has 0 aliphatic carbocycles. The van der Waals surface area contributed by atoms with Crippen molar-refractivity contribution < 1.29 is 15.0 Å². The van der Waals surface area contributed by atoms with Gasteiger partial charge in [0, 0.05) is 18.7 Å². The van der Waals surface area contributed by atoms with E-state index >= 15 is 0 Å². The van der Waals surface area contributed by atoms with Gasteiger partial charge in [0.25, 0.3) is 5.91 Å². The summed E-state index contributed by atoms with van der Waals surface area (Å²) in [5.41, 5.74) is 3.46. The van der Waals surface area contributed by atoms with Crippen molar-refractivity contribution in [1.82, 2.24) is 15.1 Å². The van der Waals surface area contributed by atoms with Gasteiger partial charge in [-0.1, -0.05) is 36.4 Å². The van der Waals surface area contributed by atoms with Crippen LogP contribution in [0, 0.1) is 6.92 Å². The Morgan fingerprint density at radius 3 is 2.62 bits per heavy atom. The molecule has 0 aliphatic rings. The summed E-state index contributed by atoms with van der Waals surface area (Å²) < 4.78 is 0. The highest BCUT2D eigenvalue weighted by Gasteiger charge is 2.20. The standard InChI is InChI=1S/C20H21N3O3/c1-14-6-2-3-7-15(14)13-23(10-11-24)20(26)18-12-17(21-22-18)16-8-4-5-9-19(16)25/h2-9,12,24-25H,10-11,13H2,1H3,(H,21,22). The van der Waals surface area contributed by atoms with E-state index in [4.69, 9.17) is 0 Å². The second-order valence-corrected chi connectivity index (χ2v) is 6.06. The summed E-state index contributed by atoms with van der Waals surface area (Å²) in [5, 5.41) is 26.2. The molecule has 6 nitrogen and oxygen atoms in total. The Hall–Kier alpha value is -3.12. The van der Waals surface area contributed by atoms with Gasteiger partial charge in [0.15, 0.2) is 0 Å². The van der Waals surface area contributed by atoms with Crippen LogP contribution in [0.5, 0.6) is 5.75 Å². The SMILES string of the molecule is Cc1ccccc1CN(CCO)C(=O)c1cc(-c2ccccc2O)n[nH]1. The summed E-state index contributed by atoms with van der Waals surface area (Å²) in [4.78, 5) is 14.4. The Labute approximate surface area is 151 Å². The first kappa shape index (κ1) is 17.7. The van der Waals surface area contributed by atoms with Crippen LogP contribution in [0.15, 0.2) is 54.6 Å². The van der Waals surface area contributed by atoms with Gasteiger partial charge < -0.3 is 15.1 Å². The number of rotatable bonds is 6. The number of nitrogens with zero attached hydrogens (tertiary/aromatic N) is 2. The summed E-state index contributed by atoms with van der Waals surface area (Å²) in [6, 6.07) is 16.3. The number of aryl methyl sites for hydroxylation is 1. The van der Waals surface area contributed by atoms with Crippen LogP contribution in [-0.2, 0) is 6.54 Å². The molecule has 0 saturated carbocycles. The Morgan fingerprint density at radius 1 is 1.15 bits per heavy atom. The first-order chi connectivity index (χ1) is 12.6. The number of aromatic hydroxyl groups is 1. The topological polar surface area (TPSA) is 89.4 Å². The van der Waals surface area contributed by atoms with Crippen LogP contribution < -0.4 is 0 Å². The van der Waals surface area contributed by atoms with E-state index in [1.165, 1.54) is 0 Å². The second kappa shape index (κ2) is 7.84. The van der Waals surface area contributed by atoms with Crippen LogP contribution in [0.25, 0.3) is 11.3 Å². The molecular weight excluding hydrogens is 330 g/mol. The fourth-order valence-corrected chi connectivity index (χ4v) is 2.80. The molecule has 3 aromatic rings. The number of nitrogens with one attached hydrogen (secondary N) is 1. The molecule has 1 heterocycles. The number of carbonyl (C=O) groups excluding carboxylic acids is 1. The molecule has 134 valence electrons. The first-order valence-corrected chi connectivity index (χ1v) is 8.38. The van der Waals surface area contributed by atoms with E-state index in [1.54, 1.807) is 35.2 Å². The Bertz CT molecular complexity index is 905. The first-order valence-electron chi connectivity index (χ1n) is 8.38. The molecule has 6 heteroatoms. The van der Waals surface area contributed by atoms with Crippen molar-refractivity contribution in [2.24, 2.45) is 0 Å². The lowest BCUT2D eigenvalue weighted by molar-refractivity contribution is 0.0701. The third kappa shape index (κ3) is 3.75. The largest absolute Gasteiger partial charge is 0.507 e. The molecule has 3 rings (SSSR count). The monoisotopic (exact) mass is 351 g/mol. The van der Waals surface area contributed by atoms with Gasteiger partial charge in [-0.3, -0.25) is 9.89 Å². The molecule has 1 amide bonds. The maximum absolute atomic E-state index is 12.9. The highest BCUT2D eigenvalue weighted by atomic mass is 16.3. The van der Waals surface area contributed by atoms with Gasteiger partial charge >= 0.3 is 0 Å². The van der Waals surface area contributed by atoms with Crippen molar-refractivity contribution >= 4 is 5.91 Å². The molecule has 2 aromatic carbocycles. The van der Waals surface area contributed by atoms with Gasteiger partial charge in [-0.15, -0.1) is 0 Å². The van der Waals surface area contributed by atoms with Crippen molar-refractivity contribution in [2.75, 3.05) is 13.2 Å². The van der Waals surface area contributed by atoms with E-state index < -0.39 is 0 Å². The highest BCUT2D eigenvalue weighted by Crippen LogP contribution is 2.27. The number of hydrogen-bond donors (Lipinski definition) is 3. The maximum atomic E-state index is 12.9. The normalized spacial score (nSPS) is 10.7. The average Bonchev–Trinajstić information content (AvgIpc) is 3.13. The number of aliphatic hydroxyl groups is 1. The number of amides is 1. The number of hydrogen-bond acceptors (Lipinski definition) is 4. The Balaban J connectivity index is 1.84. The maximum Gasteiger partial charge on any atom is 0.272 e. The number of aromatic nitrogens is 2. The van der Waals surface area contributed by atoms with Crippen molar-refractivity contribution in [2.45, 2.75) is 13.5 Å². The number of phenols is 1. The van der Waals surface area contributed by atoms with Gasteiger partial charge in [0.2, 0.25) is 0 Å². The highest BCUT2D eigenvalue weighted by molar-refractivity contribution is 5.93. The molecule has 0 aliphatic heterocycles. The quantitative estimate of drug-likeness (QED) is 0.637. The van der Waals surface area contributed by atoms with Crippen LogP contribution in [0.4, 0.5) is 0 Å². The zero-order valence-electron chi connectivity index (χ0n) is 14.5. The number of para-hydroxylation sites is 1. The van der Waals surface area contributed by atoms with Crippen molar-refractivity contribution in [3.8, 4) is 17.0 Å². The molecule has 3 N–H and O–H groups in total. The fraction of sp³-hybridized carbons (Fsp3) is 0.200. The van der Waals surface area contributed by atoms with Crippen LogP contribution >= 0.6 is 0 Å². The van der Waals surface area contributed by atoms with Crippen LogP contribution in [-0.4, -0.2) is 44.4 Å². The number of benzene rings is 2. The number of phenolic OH excluding ortho intramolecular Hbond substituents is 1. The summed E-state index contributed by atoms with van der Waals surface area (Å²) in [7, 11) is 0. The van der Waals surface area contributed by atoms with Crippen LogP contribution in [0.3, 0.4) is 0 Å². The van der Waals surface area contributed by atoms with Gasteiger partial charge in [-0.25, -0.2) is 0 Å². The molecule has 0 spiro atoms. The van der Waals surface area contributed by atoms with Crippen molar-refractivity contribution in [3.63, 3.8) is 0 Å². The molecule has 0 unspecified atom stereocenters. The van der Waals surface area contributed by atoms with Gasteiger partial charge in [0.05, 0.1) is 12.3 Å². The lowest BCUT2D eigenvalue weighted by atomic mass is 10.1. The number of carbonyl (C=O) groups is 1. The second-order valence-electron chi connectivity index (χ2n) is 6.06. The summed E-state index contributed by atoms with van der Waals surface area (Å²) >= 11 is 0. The number of H-pyrrole nitrogens is 1. The predicted molar refractivity (Wildman–Crippen MR) is 98.7 cm³/mol. The van der Waals surface area contributed by atoms with E-state index in [0.29, 0.717) is 23.5 Å². The van der Waals surface area contributed by atoms with E-state index in [2.05, 4.69) is 10.2 Å². The van der Waals surface area contributed by atoms with Gasteiger partial charge in [-0.2, -0.15) is 5.10 Å². The lowest BCUT2D eigenvalue weighted by Crippen LogP contribution is -2.33. The van der Waals surface area contributed by atoms with Crippen LogP contribution in [0.1, 0.15) is 21.6 Å². The molecule has 0 saturated heterocycles. The average molecular weight is 351 g/mol. The zero-order valence-corrected chi connectivity index (χ0v) is 14.5. The minimum Gasteiger partial charge on any atom is -0.507 e. The molecule has 26 heavy (non-hydrogen) atoms. The predicted octanol–water partition coefficient (Wildman–Crippen LogP) is 2.73. The molecule has 0 fully saturated rings. The number of aliphatic hydroxyl groups excluding tert-OH is 1. The lowest BCUT2D eigenvalue weighted by Gasteiger charge is -2.22. The molecule has 0 radical (unpaired) electrons. The minimum atomic E-state index is -0.253. The molecule has 0 bridgehead atoms. The van der Waals surface area contributed by atoms with Crippen molar-refractivity contribution in [3.05, 3.63) is 71.4 Å². The fourth-order valence-electron chi connectivity index (χ4n) is 2.80. The Morgan fingerprint density at radius 2 is 1.88 bits per heavy atom.